The van der Waals surface area contributed by atoms with E-state index < -0.39 is 0 Å². The highest BCUT2D eigenvalue weighted by atomic mass is 16.3. The predicted octanol–water partition coefficient (Wildman–Crippen LogP) is 2.06. The Morgan fingerprint density at radius 1 is 1.38 bits per heavy atom. The highest BCUT2D eigenvalue weighted by Gasteiger charge is 2.16. The van der Waals surface area contributed by atoms with E-state index in [1.807, 2.05) is 23.8 Å². The van der Waals surface area contributed by atoms with Crippen molar-refractivity contribution in [3.05, 3.63) is 54.2 Å². The molecule has 0 atom stereocenters. The number of benzene rings is 1. The van der Waals surface area contributed by atoms with Gasteiger partial charge in [-0.15, -0.1) is 0 Å². The SMILES string of the molecule is Cc1nccn1CCN(C)C(=O)c1cc(-c2ccccc2O)n[nH]1. The van der Waals surface area contributed by atoms with Crippen LogP contribution in [0.5, 0.6) is 5.75 Å². The standard InChI is InChI=1S/C17H19N5O2/c1-12-18-7-8-22(12)10-9-21(2)17(24)15-11-14(19-20-15)13-5-3-4-6-16(13)23/h3-8,11,23H,9-10H2,1-2H3,(H,19,20). The minimum atomic E-state index is -0.151. The van der Waals surface area contributed by atoms with E-state index in [0.717, 1.165) is 5.82 Å². The topological polar surface area (TPSA) is 87.0 Å². The Balaban J connectivity index is 1.69. The van der Waals surface area contributed by atoms with Crippen molar-refractivity contribution in [2.75, 3.05) is 13.6 Å². The molecule has 0 aliphatic heterocycles. The number of amides is 1. The largest absolute Gasteiger partial charge is 0.507 e. The number of aryl methyl sites for hydroxylation is 1. The molecule has 2 N–H and O–H groups in total. The second kappa shape index (κ2) is 6.57. The summed E-state index contributed by atoms with van der Waals surface area (Å²) in [6, 6.07) is 8.54. The summed E-state index contributed by atoms with van der Waals surface area (Å²) in [7, 11) is 1.75. The number of phenolic OH excluding ortho intramolecular Hbond substituents is 1. The number of nitrogens with one attached hydrogen (secondary N) is 1. The van der Waals surface area contributed by atoms with Gasteiger partial charge >= 0.3 is 0 Å². The number of hydrogen-bond acceptors (Lipinski definition) is 4. The van der Waals surface area contributed by atoms with Crippen LogP contribution in [-0.4, -0.2) is 49.3 Å². The molecule has 0 aliphatic carbocycles. The van der Waals surface area contributed by atoms with Gasteiger partial charge in [-0.25, -0.2) is 4.98 Å². The quantitative estimate of drug-likeness (QED) is 0.752. The first-order valence-corrected chi connectivity index (χ1v) is 7.63. The van der Waals surface area contributed by atoms with E-state index in [-0.39, 0.29) is 11.7 Å². The van der Waals surface area contributed by atoms with Crippen LogP contribution in [0.2, 0.25) is 0 Å². The first kappa shape index (κ1) is 15.8. The Bertz CT molecular complexity index is 852. The van der Waals surface area contributed by atoms with Crippen molar-refractivity contribution in [1.82, 2.24) is 24.6 Å². The van der Waals surface area contributed by atoms with Gasteiger partial charge in [0.15, 0.2) is 0 Å². The predicted molar refractivity (Wildman–Crippen MR) is 89.6 cm³/mol. The Morgan fingerprint density at radius 2 is 2.17 bits per heavy atom. The van der Waals surface area contributed by atoms with Gasteiger partial charge in [0, 0.05) is 38.1 Å². The van der Waals surface area contributed by atoms with E-state index in [1.54, 1.807) is 42.4 Å². The first-order chi connectivity index (χ1) is 11.6. The lowest BCUT2D eigenvalue weighted by Crippen LogP contribution is -2.30. The van der Waals surface area contributed by atoms with Gasteiger partial charge in [-0.1, -0.05) is 12.1 Å². The van der Waals surface area contributed by atoms with Crippen LogP contribution >= 0.6 is 0 Å². The van der Waals surface area contributed by atoms with Crippen LogP contribution in [0.4, 0.5) is 0 Å². The fourth-order valence-electron chi connectivity index (χ4n) is 2.46. The third-order valence-electron chi connectivity index (χ3n) is 3.93. The number of likely N-dealkylation sites (N-methyl/N-ethyl adjacent to an activating group) is 1. The molecule has 7 heteroatoms. The molecule has 124 valence electrons. The molecule has 0 fully saturated rings. The van der Waals surface area contributed by atoms with Crippen LogP contribution in [0.15, 0.2) is 42.7 Å². The number of aromatic nitrogens is 4. The van der Waals surface area contributed by atoms with Crippen molar-refractivity contribution in [3.8, 4) is 17.0 Å². The Kier molecular flexibility index (Phi) is 4.33. The third-order valence-corrected chi connectivity index (χ3v) is 3.93. The van der Waals surface area contributed by atoms with Crippen molar-refractivity contribution in [3.63, 3.8) is 0 Å². The molecule has 2 heterocycles. The molecule has 3 rings (SSSR count). The number of hydrogen-bond donors (Lipinski definition) is 2. The summed E-state index contributed by atoms with van der Waals surface area (Å²) in [6.45, 7) is 3.16. The maximum absolute atomic E-state index is 12.5. The molecule has 2 aromatic heterocycles. The van der Waals surface area contributed by atoms with E-state index in [1.165, 1.54) is 0 Å². The van der Waals surface area contributed by atoms with Crippen molar-refractivity contribution in [1.29, 1.82) is 0 Å². The lowest BCUT2D eigenvalue weighted by molar-refractivity contribution is 0.0784. The molecule has 1 amide bonds. The van der Waals surface area contributed by atoms with Crippen molar-refractivity contribution >= 4 is 5.91 Å². The maximum Gasteiger partial charge on any atom is 0.271 e. The minimum absolute atomic E-state index is 0.131. The van der Waals surface area contributed by atoms with Crippen molar-refractivity contribution in [2.24, 2.45) is 0 Å². The zero-order valence-electron chi connectivity index (χ0n) is 13.6. The first-order valence-electron chi connectivity index (χ1n) is 7.63. The smallest absolute Gasteiger partial charge is 0.271 e. The molecule has 0 saturated heterocycles. The second-order valence-corrected chi connectivity index (χ2v) is 5.58. The molecule has 0 bridgehead atoms. The van der Waals surface area contributed by atoms with Gasteiger partial charge in [-0.3, -0.25) is 9.89 Å². The zero-order valence-corrected chi connectivity index (χ0v) is 13.6. The normalized spacial score (nSPS) is 10.8. The third kappa shape index (κ3) is 3.15. The monoisotopic (exact) mass is 325 g/mol. The molecular formula is C17H19N5O2. The fraction of sp³-hybridized carbons (Fsp3) is 0.235. The number of H-pyrrole nitrogens is 1. The summed E-state index contributed by atoms with van der Waals surface area (Å²) >= 11 is 0. The summed E-state index contributed by atoms with van der Waals surface area (Å²) in [5.74, 6) is 0.896. The number of carbonyl (C=O) groups is 1. The van der Waals surface area contributed by atoms with Crippen LogP contribution in [0, 0.1) is 6.92 Å². The number of carbonyl (C=O) groups excluding carboxylic acids is 1. The van der Waals surface area contributed by atoms with E-state index in [9.17, 15) is 9.90 Å². The molecule has 24 heavy (non-hydrogen) atoms. The number of para-hydroxylation sites is 1. The summed E-state index contributed by atoms with van der Waals surface area (Å²) < 4.78 is 1.99. The lowest BCUT2D eigenvalue weighted by Gasteiger charge is -2.16. The number of phenols is 1. The van der Waals surface area contributed by atoms with Crippen molar-refractivity contribution < 1.29 is 9.90 Å². The van der Waals surface area contributed by atoms with Crippen LogP contribution in [0.25, 0.3) is 11.3 Å². The number of imidazole rings is 1. The molecule has 0 aliphatic rings. The number of nitrogens with zero attached hydrogens (tertiary/aromatic N) is 4. The summed E-state index contributed by atoms with van der Waals surface area (Å²) in [5.41, 5.74) is 1.51. The maximum atomic E-state index is 12.5. The van der Waals surface area contributed by atoms with Gasteiger partial charge in [0.2, 0.25) is 0 Å². The Morgan fingerprint density at radius 3 is 2.88 bits per heavy atom. The number of aromatic hydroxyl groups is 1. The van der Waals surface area contributed by atoms with Gasteiger partial charge in [0.1, 0.15) is 17.3 Å². The van der Waals surface area contributed by atoms with E-state index >= 15 is 0 Å². The second-order valence-electron chi connectivity index (χ2n) is 5.58. The van der Waals surface area contributed by atoms with Crippen LogP contribution in [-0.2, 0) is 6.54 Å². The van der Waals surface area contributed by atoms with Crippen LogP contribution in [0.1, 0.15) is 16.3 Å². The Labute approximate surface area is 139 Å². The minimum Gasteiger partial charge on any atom is -0.507 e. The number of rotatable bonds is 5. The molecule has 1 aromatic carbocycles. The summed E-state index contributed by atoms with van der Waals surface area (Å²) in [4.78, 5) is 18.3. The number of aromatic amines is 1. The van der Waals surface area contributed by atoms with Crippen LogP contribution in [0.3, 0.4) is 0 Å². The van der Waals surface area contributed by atoms with E-state index in [4.69, 9.17) is 0 Å². The zero-order chi connectivity index (χ0) is 17.1. The van der Waals surface area contributed by atoms with Crippen molar-refractivity contribution in [2.45, 2.75) is 13.5 Å². The molecule has 0 unspecified atom stereocenters. The highest BCUT2D eigenvalue weighted by molar-refractivity contribution is 5.93. The van der Waals surface area contributed by atoms with Crippen LogP contribution < -0.4 is 0 Å². The van der Waals surface area contributed by atoms with Gasteiger partial charge in [-0.05, 0) is 25.1 Å². The fourth-order valence-corrected chi connectivity index (χ4v) is 2.46. The van der Waals surface area contributed by atoms with E-state index in [0.29, 0.717) is 30.0 Å². The average molecular weight is 325 g/mol. The molecular weight excluding hydrogens is 306 g/mol. The summed E-state index contributed by atoms with van der Waals surface area (Å²) in [5, 5.41) is 16.8. The summed E-state index contributed by atoms with van der Waals surface area (Å²) in [6.07, 6.45) is 3.63. The lowest BCUT2D eigenvalue weighted by atomic mass is 10.1. The molecule has 7 nitrogen and oxygen atoms in total. The van der Waals surface area contributed by atoms with Gasteiger partial charge in [0.05, 0.1) is 5.69 Å². The molecule has 0 spiro atoms. The molecule has 0 saturated carbocycles. The van der Waals surface area contributed by atoms with Gasteiger partial charge < -0.3 is 14.6 Å². The van der Waals surface area contributed by atoms with E-state index in [2.05, 4.69) is 15.2 Å². The molecule has 3 aromatic rings. The highest BCUT2D eigenvalue weighted by Crippen LogP contribution is 2.27. The Hall–Kier alpha value is -3.09. The average Bonchev–Trinajstić information content (AvgIpc) is 3.21. The van der Waals surface area contributed by atoms with Gasteiger partial charge in [-0.2, -0.15) is 5.10 Å². The molecule has 0 radical (unpaired) electrons. The van der Waals surface area contributed by atoms with Gasteiger partial charge in [0.25, 0.3) is 5.91 Å².